The summed E-state index contributed by atoms with van der Waals surface area (Å²) in [6.07, 6.45) is 1.87. The molecule has 0 aliphatic carbocycles. The minimum Gasteiger partial charge on any atom is -0.320 e. The second kappa shape index (κ2) is 3.73. The zero-order valence-electron chi connectivity index (χ0n) is 4.98. The third-order valence-corrected chi connectivity index (χ3v) is 1.77. The maximum absolute atomic E-state index is 8.10. The first kappa shape index (κ1) is 7.77. The lowest BCUT2D eigenvalue weighted by Gasteiger charge is -2.09. The molecule has 2 nitrogen and oxygen atoms in total. The number of hydrogen-bond acceptors (Lipinski definition) is 2. The Morgan fingerprint density at radius 2 is 2.12 bits per heavy atom. The highest BCUT2D eigenvalue weighted by Crippen LogP contribution is 2.01. The third-order valence-electron chi connectivity index (χ3n) is 0.981. The first-order valence-electron chi connectivity index (χ1n) is 2.47. The van der Waals surface area contributed by atoms with Gasteiger partial charge >= 0.3 is 0 Å². The first-order chi connectivity index (χ1) is 3.68. The topological polar surface area (TPSA) is 35.8 Å². The van der Waals surface area contributed by atoms with Crippen LogP contribution in [0.25, 0.3) is 0 Å². The van der Waals surface area contributed by atoms with Crippen LogP contribution in [0.2, 0.25) is 0 Å². The number of nitrogens with zero attached hydrogens (tertiary/aromatic N) is 1. The van der Waals surface area contributed by atoms with E-state index in [1.54, 1.807) is 0 Å². The predicted octanol–water partition coefficient (Wildman–Crippen LogP) is 1.23. The molecule has 46 valence electrons. The fourth-order valence-corrected chi connectivity index (χ4v) is 0.349. The number of halogens is 1. The van der Waals surface area contributed by atoms with E-state index >= 15 is 0 Å². The van der Waals surface area contributed by atoms with Gasteiger partial charge in [0.25, 0.3) is 0 Å². The van der Waals surface area contributed by atoms with Crippen LogP contribution in [0.5, 0.6) is 0 Å². The lowest BCUT2D eigenvalue weighted by Crippen LogP contribution is -2.28. The van der Waals surface area contributed by atoms with Crippen molar-refractivity contribution in [3.8, 4) is 6.19 Å². The van der Waals surface area contributed by atoms with Gasteiger partial charge in [-0.15, -0.1) is 0 Å². The molecule has 1 N–H and O–H groups in total. The molecule has 0 fully saturated rings. The van der Waals surface area contributed by atoms with E-state index in [1.807, 2.05) is 20.0 Å². The van der Waals surface area contributed by atoms with Crippen molar-refractivity contribution in [3.05, 3.63) is 0 Å². The van der Waals surface area contributed by atoms with E-state index in [2.05, 4.69) is 21.2 Å². The van der Waals surface area contributed by atoms with Crippen LogP contribution < -0.4 is 5.32 Å². The molecule has 0 unspecified atom stereocenters. The van der Waals surface area contributed by atoms with E-state index in [9.17, 15) is 0 Å². The van der Waals surface area contributed by atoms with Crippen molar-refractivity contribution in [2.75, 3.05) is 0 Å². The maximum Gasteiger partial charge on any atom is 0.176 e. The normalized spacial score (nSPS) is 16.2. The van der Waals surface area contributed by atoms with Gasteiger partial charge in [-0.2, -0.15) is 5.26 Å². The highest BCUT2D eigenvalue weighted by molar-refractivity contribution is 9.09. The molecule has 0 bridgehead atoms. The smallest absolute Gasteiger partial charge is 0.176 e. The highest BCUT2D eigenvalue weighted by atomic mass is 79.9. The fourth-order valence-electron chi connectivity index (χ4n) is 0.217. The SMILES string of the molecule is C[C@H](Br)[C@@H](C)NC#N. The largest absolute Gasteiger partial charge is 0.320 e. The first-order valence-corrected chi connectivity index (χ1v) is 3.38. The third kappa shape index (κ3) is 2.86. The summed E-state index contributed by atoms with van der Waals surface area (Å²) in [5.41, 5.74) is 0. The van der Waals surface area contributed by atoms with E-state index in [0.717, 1.165) is 0 Å². The average Bonchev–Trinajstić information content (AvgIpc) is 1.67. The zero-order chi connectivity index (χ0) is 6.57. The molecule has 0 heterocycles. The Hall–Kier alpha value is -0.230. The molecular formula is C5H9BrN2. The molecule has 0 aliphatic rings. The number of nitriles is 1. The number of rotatable bonds is 2. The summed E-state index contributed by atoms with van der Waals surface area (Å²) in [5, 5.41) is 10.7. The average molecular weight is 177 g/mol. The van der Waals surface area contributed by atoms with Gasteiger partial charge in [0.2, 0.25) is 0 Å². The molecule has 0 saturated carbocycles. The van der Waals surface area contributed by atoms with Crippen molar-refractivity contribution in [1.29, 1.82) is 5.26 Å². The van der Waals surface area contributed by atoms with Gasteiger partial charge in [-0.3, -0.25) is 0 Å². The zero-order valence-corrected chi connectivity index (χ0v) is 6.57. The number of nitrogens with one attached hydrogen (secondary N) is 1. The molecule has 0 radical (unpaired) electrons. The summed E-state index contributed by atoms with van der Waals surface area (Å²) < 4.78 is 0. The minimum absolute atomic E-state index is 0.222. The Labute approximate surface area is 58.0 Å². The van der Waals surface area contributed by atoms with Crippen LogP contribution in [-0.2, 0) is 0 Å². The van der Waals surface area contributed by atoms with Gasteiger partial charge in [-0.1, -0.05) is 22.9 Å². The molecule has 0 aromatic rings. The molecule has 0 rings (SSSR count). The monoisotopic (exact) mass is 176 g/mol. The van der Waals surface area contributed by atoms with Gasteiger partial charge in [0.05, 0.1) is 0 Å². The summed E-state index contributed by atoms with van der Waals surface area (Å²) in [6.45, 7) is 3.94. The van der Waals surface area contributed by atoms with E-state index in [1.165, 1.54) is 0 Å². The van der Waals surface area contributed by atoms with Crippen LogP contribution in [0.1, 0.15) is 13.8 Å². The Bertz CT molecular complexity index is 95.1. The Balaban J connectivity index is 3.35. The highest BCUT2D eigenvalue weighted by Gasteiger charge is 2.04. The lowest BCUT2D eigenvalue weighted by molar-refractivity contribution is 0.648. The molecule has 0 aromatic heterocycles. The molecule has 3 heteroatoms. The van der Waals surface area contributed by atoms with Gasteiger partial charge in [0.15, 0.2) is 6.19 Å². The van der Waals surface area contributed by atoms with Gasteiger partial charge < -0.3 is 5.32 Å². The van der Waals surface area contributed by atoms with Crippen molar-refractivity contribution in [2.24, 2.45) is 0 Å². The van der Waals surface area contributed by atoms with Gasteiger partial charge in [0, 0.05) is 10.9 Å². The van der Waals surface area contributed by atoms with Crippen LogP contribution in [0.4, 0.5) is 0 Å². The van der Waals surface area contributed by atoms with E-state index in [4.69, 9.17) is 5.26 Å². The fraction of sp³-hybridized carbons (Fsp3) is 0.800. The molecule has 0 aromatic carbocycles. The van der Waals surface area contributed by atoms with Crippen LogP contribution in [0.3, 0.4) is 0 Å². The van der Waals surface area contributed by atoms with Crippen molar-refractivity contribution >= 4 is 15.9 Å². The van der Waals surface area contributed by atoms with E-state index < -0.39 is 0 Å². The summed E-state index contributed by atoms with van der Waals surface area (Å²) in [6, 6.07) is 0.222. The van der Waals surface area contributed by atoms with Crippen LogP contribution in [0, 0.1) is 11.5 Å². The summed E-state index contributed by atoms with van der Waals surface area (Å²) in [7, 11) is 0. The molecule has 0 spiro atoms. The van der Waals surface area contributed by atoms with Crippen molar-refractivity contribution in [2.45, 2.75) is 24.7 Å². The summed E-state index contributed by atoms with van der Waals surface area (Å²) >= 11 is 3.33. The van der Waals surface area contributed by atoms with Crippen LogP contribution in [0.15, 0.2) is 0 Å². The quantitative estimate of drug-likeness (QED) is 0.391. The van der Waals surface area contributed by atoms with Crippen molar-refractivity contribution in [3.63, 3.8) is 0 Å². The van der Waals surface area contributed by atoms with Crippen LogP contribution in [-0.4, -0.2) is 10.9 Å². The Kier molecular flexibility index (Phi) is 3.63. The summed E-state index contributed by atoms with van der Waals surface area (Å²) in [5.74, 6) is 0. The molecule has 0 amide bonds. The molecular weight excluding hydrogens is 168 g/mol. The standard InChI is InChI=1S/C5H9BrN2/c1-4(6)5(2)8-3-7/h4-5,8H,1-2H3/t4-,5+/m0/s1. The van der Waals surface area contributed by atoms with Gasteiger partial charge in [-0.05, 0) is 6.92 Å². The minimum atomic E-state index is 0.222. The molecule has 0 aliphatic heterocycles. The molecule has 8 heavy (non-hydrogen) atoms. The maximum atomic E-state index is 8.10. The Morgan fingerprint density at radius 1 is 1.62 bits per heavy atom. The van der Waals surface area contributed by atoms with Gasteiger partial charge in [0.1, 0.15) is 0 Å². The van der Waals surface area contributed by atoms with E-state index in [-0.39, 0.29) is 6.04 Å². The van der Waals surface area contributed by atoms with Crippen LogP contribution >= 0.6 is 15.9 Å². The van der Waals surface area contributed by atoms with Crippen molar-refractivity contribution in [1.82, 2.24) is 5.32 Å². The summed E-state index contributed by atoms with van der Waals surface area (Å²) in [4.78, 5) is 0.349. The molecule has 2 atom stereocenters. The van der Waals surface area contributed by atoms with Crippen molar-refractivity contribution < 1.29 is 0 Å². The number of alkyl halides is 1. The predicted molar refractivity (Wildman–Crippen MR) is 36.6 cm³/mol. The number of hydrogen-bond donors (Lipinski definition) is 1. The van der Waals surface area contributed by atoms with E-state index in [0.29, 0.717) is 4.83 Å². The Morgan fingerprint density at radius 3 is 2.25 bits per heavy atom. The second-order valence-corrected chi connectivity index (χ2v) is 3.17. The second-order valence-electron chi connectivity index (χ2n) is 1.72. The van der Waals surface area contributed by atoms with Gasteiger partial charge in [-0.25, -0.2) is 0 Å². The molecule has 0 saturated heterocycles. The lowest BCUT2D eigenvalue weighted by atomic mass is 10.3.